The summed E-state index contributed by atoms with van der Waals surface area (Å²) in [6.45, 7) is 5.72. The highest BCUT2D eigenvalue weighted by Gasteiger charge is 2.20. The van der Waals surface area contributed by atoms with E-state index in [0.717, 1.165) is 26.5 Å². The molecular formula is C28H29BrN2O4. The van der Waals surface area contributed by atoms with E-state index >= 15 is 0 Å². The molecule has 182 valence electrons. The lowest BCUT2D eigenvalue weighted by Crippen LogP contribution is -2.33. The molecule has 3 aromatic carbocycles. The van der Waals surface area contributed by atoms with Crippen LogP contribution in [0.2, 0.25) is 0 Å². The van der Waals surface area contributed by atoms with E-state index in [-0.39, 0.29) is 6.09 Å². The Bertz CT molecular complexity index is 1340. The van der Waals surface area contributed by atoms with Gasteiger partial charge in [0.1, 0.15) is 5.75 Å². The van der Waals surface area contributed by atoms with Gasteiger partial charge in [0, 0.05) is 46.8 Å². The number of aromatic nitrogens is 1. The van der Waals surface area contributed by atoms with Crippen molar-refractivity contribution < 1.29 is 19.0 Å². The Labute approximate surface area is 214 Å². The van der Waals surface area contributed by atoms with Crippen LogP contribution in [0.4, 0.5) is 4.79 Å². The summed E-state index contributed by atoms with van der Waals surface area (Å²) in [5, 5.41) is 0.981. The van der Waals surface area contributed by atoms with Crippen LogP contribution < -0.4 is 14.2 Å². The summed E-state index contributed by atoms with van der Waals surface area (Å²) in [5.74, 6) is 1.74. The predicted octanol–water partition coefficient (Wildman–Crippen LogP) is 6.98. The number of nitrogens with zero attached hydrogens (tertiary/aromatic N) is 2. The maximum absolute atomic E-state index is 12.9. The molecule has 0 unspecified atom stereocenters. The number of fused-ring (bicyclic) bond motifs is 1. The number of carbonyl (C=O) groups excluding carboxylic acids is 1. The molecule has 35 heavy (non-hydrogen) atoms. The lowest BCUT2D eigenvalue weighted by Gasteiger charge is -2.20. The van der Waals surface area contributed by atoms with Crippen LogP contribution in [-0.4, -0.2) is 42.9 Å². The number of halogens is 1. The monoisotopic (exact) mass is 536 g/mol. The topological polar surface area (TPSA) is 52.9 Å². The van der Waals surface area contributed by atoms with E-state index in [4.69, 9.17) is 14.2 Å². The third kappa shape index (κ3) is 5.00. The van der Waals surface area contributed by atoms with Crippen LogP contribution >= 0.6 is 15.9 Å². The first-order valence-corrected chi connectivity index (χ1v) is 12.3. The maximum Gasteiger partial charge on any atom is 0.415 e. The first-order valence-electron chi connectivity index (χ1n) is 11.5. The molecule has 0 bridgehead atoms. The van der Waals surface area contributed by atoms with Crippen LogP contribution in [-0.2, 0) is 6.54 Å². The number of hydrogen-bond acceptors (Lipinski definition) is 4. The lowest BCUT2D eigenvalue weighted by atomic mass is 10.00. The molecule has 0 N–H and O–H groups in total. The van der Waals surface area contributed by atoms with E-state index < -0.39 is 0 Å². The predicted molar refractivity (Wildman–Crippen MR) is 143 cm³/mol. The van der Waals surface area contributed by atoms with Crippen molar-refractivity contribution in [2.24, 2.45) is 0 Å². The number of carbonyl (C=O) groups is 1. The zero-order valence-electron chi connectivity index (χ0n) is 20.4. The van der Waals surface area contributed by atoms with Gasteiger partial charge < -0.3 is 23.7 Å². The highest BCUT2D eigenvalue weighted by Crippen LogP contribution is 2.41. The molecular weight excluding hydrogens is 508 g/mol. The fourth-order valence-electron chi connectivity index (χ4n) is 4.22. The van der Waals surface area contributed by atoms with Gasteiger partial charge in [0.15, 0.2) is 11.5 Å². The minimum atomic E-state index is -0.372. The van der Waals surface area contributed by atoms with Crippen molar-refractivity contribution in [3.05, 3.63) is 76.9 Å². The minimum Gasteiger partial charge on any atom is -0.493 e. The molecule has 1 heterocycles. The molecule has 0 spiro atoms. The zero-order chi connectivity index (χ0) is 24.9. The summed E-state index contributed by atoms with van der Waals surface area (Å²) in [6.07, 6.45) is 1.69. The fourth-order valence-corrected chi connectivity index (χ4v) is 4.63. The number of methoxy groups -OCH3 is 2. The molecule has 0 radical (unpaired) electrons. The van der Waals surface area contributed by atoms with Crippen LogP contribution in [0, 0.1) is 0 Å². The second kappa shape index (κ2) is 10.9. The highest BCUT2D eigenvalue weighted by atomic mass is 79.9. The number of ether oxygens (including phenoxy) is 3. The molecule has 0 aliphatic carbocycles. The number of benzene rings is 3. The SMILES string of the molecule is CCN(CC)C(=O)Oc1ccc2c(ccn2Cc2ccccc2Br)c1-c1ccc(OC)c(OC)c1. The molecule has 4 rings (SSSR count). The summed E-state index contributed by atoms with van der Waals surface area (Å²) >= 11 is 3.65. The third-order valence-corrected chi connectivity index (χ3v) is 6.88. The molecule has 0 atom stereocenters. The summed E-state index contributed by atoms with van der Waals surface area (Å²) in [7, 11) is 3.22. The number of rotatable bonds is 8. The lowest BCUT2D eigenvalue weighted by molar-refractivity contribution is 0.157. The maximum atomic E-state index is 12.9. The number of hydrogen-bond donors (Lipinski definition) is 0. The van der Waals surface area contributed by atoms with Crippen molar-refractivity contribution in [2.75, 3.05) is 27.3 Å². The molecule has 0 aliphatic heterocycles. The zero-order valence-corrected chi connectivity index (χ0v) is 22.0. The van der Waals surface area contributed by atoms with Gasteiger partial charge >= 0.3 is 6.09 Å². The fraction of sp³-hybridized carbons (Fsp3) is 0.250. The van der Waals surface area contributed by atoms with E-state index in [1.165, 1.54) is 5.56 Å². The molecule has 6 nitrogen and oxygen atoms in total. The molecule has 0 aliphatic rings. The molecule has 1 amide bonds. The van der Waals surface area contributed by atoms with E-state index in [1.54, 1.807) is 19.1 Å². The number of amides is 1. The Hall–Kier alpha value is -3.45. The second-order valence-corrected chi connectivity index (χ2v) is 8.87. The standard InChI is InChI=1S/C28H29BrN2O4/c1-5-30(6-2)28(32)35-25-14-12-23-21(15-16-31(23)18-20-9-7-8-10-22(20)29)27(25)19-11-13-24(33-3)26(17-19)34-4/h7-17H,5-6,18H2,1-4H3. The van der Waals surface area contributed by atoms with Crippen LogP contribution in [0.25, 0.3) is 22.0 Å². The van der Waals surface area contributed by atoms with Gasteiger partial charge in [-0.1, -0.05) is 40.2 Å². The Morgan fingerprint density at radius 2 is 1.63 bits per heavy atom. The summed E-state index contributed by atoms with van der Waals surface area (Å²) in [4.78, 5) is 14.5. The van der Waals surface area contributed by atoms with E-state index in [9.17, 15) is 4.79 Å². The van der Waals surface area contributed by atoms with Gasteiger partial charge in [-0.3, -0.25) is 0 Å². The molecule has 4 aromatic rings. The minimum absolute atomic E-state index is 0.372. The normalized spacial score (nSPS) is 10.9. The van der Waals surface area contributed by atoms with Gasteiger partial charge in [0.05, 0.1) is 14.2 Å². The van der Waals surface area contributed by atoms with Crippen LogP contribution in [0.5, 0.6) is 17.2 Å². The third-order valence-electron chi connectivity index (χ3n) is 6.10. The highest BCUT2D eigenvalue weighted by molar-refractivity contribution is 9.10. The second-order valence-electron chi connectivity index (χ2n) is 8.02. The smallest absolute Gasteiger partial charge is 0.415 e. The quantitative estimate of drug-likeness (QED) is 0.244. The van der Waals surface area contributed by atoms with Crippen LogP contribution in [0.3, 0.4) is 0 Å². The van der Waals surface area contributed by atoms with Gasteiger partial charge in [0.2, 0.25) is 0 Å². The van der Waals surface area contributed by atoms with Gasteiger partial charge in [-0.2, -0.15) is 0 Å². The van der Waals surface area contributed by atoms with Crippen molar-refractivity contribution in [3.8, 4) is 28.4 Å². The van der Waals surface area contributed by atoms with Crippen LogP contribution in [0.15, 0.2) is 71.3 Å². The van der Waals surface area contributed by atoms with Gasteiger partial charge in [-0.05, 0) is 61.4 Å². The largest absolute Gasteiger partial charge is 0.493 e. The molecule has 0 saturated heterocycles. The molecule has 0 fully saturated rings. The van der Waals surface area contributed by atoms with Gasteiger partial charge in [-0.25, -0.2) is 4.79 Å². The van der Waals surface area contributed by atoms with E-state index in [2.05, 4.69) is 38.8 Å². The van der Waals surface area contributed by atoms with Crippen molar-refractivity contribution in [1.82, 2.24) is 9.47 Å². The van der Waals surface area contributed by atoms with E-state index in [1.807, 2.05) is 62.4 Å². The van der Waals surface area contributed by atoms with Gasteiger partial charge in [-0.15, -0.1) is 0 Å². The Kier molecular flexibility index (Phi) is 7.66. The van der Waals surface area contributed by atoms with Crippen molar-refractivity contribution in [1.29, 1.82) is 0 Å². The van der Waals surface area contributed by atoms with Gasteiger partial charge in [0.25, 0.3) is 0 Å². The van der Waals surface area contributed by atoms with Crippen molar-refractivity contribution in [2.45, 2.75) is 20.4 Å². The average molecular weight is 537 g/mol. The van der Waals surface area contributed by atoms with Crippen LogP contribution in [0.1, 0.15) is 19.4 Å². The first kappa shape index (κ1) is 24.7. The van der Waals surface area contributed by atoms with E-state index in [0.29, 0.717) is 36.9 Å². The Morgan fingerprint density at radius 1 is 0.914 bits per heavy atom. The van der Waals surface area contributed by atoms with Crippen molar-refractivity contribution in [3.63, 3.8) is 0 Å². The van der Waals surface area contributed by atoms with Crippen molar-refractivity contribution >= 4 is 32.9 Å². The average Bonchev–Trinajstić information content (AvgIpc) is 3.28. The Morgan fingerprint density at radius 3 is 2.31 bits per heavy atom. The molecule has 1 aromatic heterocycles. The summed E-state index contributed by atoms with van der Waals surface area (Å²) in [6, 6.07) is 19.8. The molecule has 0 saturated carbocycles. The summed E-state index contributed by atoms with van der Waals surface area (Å²) < 4.78 is 20.2. The Balaban J connectivity index is 1.86. The summed E-state index contributed by atoms with van der Waals surface area (Å²) in [5.41, 5.74) is 3.91. The first-order chi connectivity index (χ1) is 17.0. The molecule has 7 heteroatoms.